The Morgan fingerprint density at radius 1 is 0.639 bits per heavy atom. The van der Waals surface area contributed by atoms with Crippen LogP contribution in [0.2, 0.25) is 0 Å². The first-order chi connectivity index (χ1) is 17.7. The minimum atomic E-state index is 0.664. The molecule has 0 bridgehead atoms. The van der Waals surface area contributed by atoms with E-state index in [1.165, 1.54) is 0 Å². The lowest BCUT2D eigenvalue weighted by Gasteiger charge is -2.24. The van der Waals surface area contributed by atoms with Gasteiger partial charge in [-0.2, -0.15) is 10.2 Å². The van der Waals surface area contributed by atoms with Crippen LogP contribution in [0.5, 0.6) is 0 Å². The third-order valence-electron chi connectivity index (χ3n) is 5.56. The van der Waals surface area contributed by atoms with Crippen LogP contribution >= 0.6 is 0 Å². The number of aromatic nitrogens is 8. The second kappa shape index (κ2) is 12.8. The summed E-state index contributed by atoms with van der Waals surface area (Å²) in [4.78, 5) is 0. The molecule has 0 saturated carbocycles. The highest BCUT2D eigenvalue weighted by molar-refractivity contribution is 5.79. The van der Waals surface area contributed by atoms with E-state index in [-0.39, 0.29) is 0 Å². The highest BCUT2D eigenvalue weighted by Crippen LogP contribution is 2.03. The maximum atomic E-state index is 4.75. The first kappa shape index (κ1) is 24.6. The van der Waals surface area contributed by atoms with E-state index in [9.17, 15) is 0 Å². The molecule has 0 N–H and O–H groups in total. The monoisotopic (exact) mass is 486 g/mol. The summed E-state index contributed by atoms with van der Waals surface area (Å²) in [5.74, 6) is 1.62. The van der Waals surface area contributed by atoms with Gasteiger partial charge < -0.3 is 0 Å². The summed E-state index contributed by atoms with van der Waals surface area (Å²) >= 11 is 0. The fraction of sp³-hybridized carbons (Fsp3) is 0.333. The van der Waals surface area contributed by atoms with Gasteiger partial charge in [-0.15, -0.1) is 10.2 Å². The number of nitrogens with zero attached hydrogens (tertiary/aromatic N) is 12. The first-order valence-electron chi connectivity index (χ1n) is 11.8. The molecule has 2 heterocycles. The van der Waals surface area contributed by atoms with E-state index >= 15 is 0 Å². The van der Waals surface area contributed by atoms with Crippen LogP contribution in [-0.2, 0) is 26.9 Å². The zero-order valence-electron chi connectivity index (χ0n) is 20.5. The topological polar surface area (TPSA) is 118 Å². The van der Waals surface area contributed by atoms with Crippen LogP contribution in [0, 0.1) is 0 Å². The molecule has 4 aromatic rings. The summed E-state index contributed by atoms with van der Waals surface area (Å²) in [6, 6.07) is 20.1. The average molecular weight is 487 g/mol. The standard InChI is InChI=1S/C24H30N12/c1-33-23(27-29-31-33)13-15-35(25-19-21-9-5-3-6-10-21)17-18-36(16-14-24-28-30-32-34(24)2)26-20-22-11-7-4-8-12-22/h3-12,19-20H,13-18H2,1-2H3. The summed E-state index contributed by atoms with van der Waals surface area (Å²) < 4.78 is 3.37. The molecule has 0 saturated heterocycles. The normalized spacial score (nSPS) is 11.5. The molecular weight excluding hydrogens is 456 g/mol. The van der Waals surface area contributed by atoms with E-state index in [1.54, 1.807) is 9.36 Å². The third kappa shape index (κ3) is 7.52. The van der Waals surface area contributed by atoms with Crippen LogP contribution in [0.4, 0.5) is 0 Å². The van der Waals surface area contributed by atoms with Crippen molar-refractivity contribution in [2.24, 2.45) is 24.3 Å². The third-order valence-corrected chi connectivity index (χ3v) is 5.56. The van der Waals surface area contributed by atoms with Crippen molar-refractivity contribution in [1.82, 2.24) is 50.4 Å². The van der Waals surface area contributed by atoms with Crippen molar-refractivity contribution in [2.75, 3.05) is 26.2 Å². The molecule has 0 atom stereocenters. The Labute approximate surface area is 209 Å². The van der Waals surface area contributed by atoms with E-state index in [2.05, 4.69) is 31.1 Å². The van der Waals surface area contributed by atoms with E-state index in [0.29, 0.717) is 39.0 Å². The summed E-state index contributed by atoms with van der Waals surface area (Å²) in [6.07, 6.45) is 5.09. The zero-order valence-corrected chi connectivity index (χ0v) is 20.5. The lowest BCUT2D eigenvalue weighted by molar-refractivity contribution is 0.215. The van der Waals surface area contributed by atoms with Crippen molar-refractivity contribution in [1.29, 1.82) is 0 Å². The lowest BCUT2D eigenvalue weighted by Crippen LogP contribution is -2.33. The summed E-state index contributed by atoms with van der Waals surface area (Å²) in [7, 11) is 3.68. The van der Waals surface area contributed by atoms with Crippen molar-refractivity contribution in [3.63, 3.8) is 0 Å². The Morgan fingerprint density at radius 2 is 1.06 bits per heavy atom. The maximum absolute atomic E-state index is 4.75. The van der Waals surface area contributed by atoms with E-state index in [1.807, 2.05) is 97.2 Å². The van der Waals surface area contributed by atoms with E-state index in [0.717, 1.165) is 22.8 Å². The van der Waals surface area contributed by atoms with Crippen LogP contribution in [0.15, 0.2) is 70.9 Å². The SMILES string of the molecule is Cn1nnnc1CCN(CCN(CCc1nnnn1C)N=Cc1ccccc1)N=Cc1ccccc1. The number of tetrazole rings is 2. The van der Waals surface area contributed by atoms with E-state index < -0.39 is 0 Å². The molecule has 0 aliphatic rings. The minimum absolute atomic E-state index is 0.664. The second-order valence-electron chi connectivity index (χ2n) is 8.16. The predicted molar refractivity (Wildman–Crippen MR) is 136 cm³/mol. The van der Waals surface area contributed by atoms with Gasteiger partial charge in [-0.25, -0.2) is 9.36 Å². The van der Waals surface area contributed by atoms with Crippen molar-refractivity contribution in [3.05, 3.63) is 83.4 Å². The van der Waals surface area contributed by atoms with Crippen LogP contribution < -0.4 is 0 Å². The molecule has 0 amide bonds. The largest absolute Gasteiger partial charge is 0.295 e. The lowest BCUT2D eigenvalue weighted by atomic mass is 10.2. The Balaban J connectivity index is 1.44. The molecular formula is C24H30N12. The van der Waals surface area contributed by atoms with Crippen LogP contribution in [0.3, 0.4) is 0 Å². The molecule has 0 unspecified atom stereocenters. The maximum Gasteiger partial charge on any atom is 0.152 e. The molecule has 12 heteroatoms. The molecule has 12 nitrogen and oxygen atoms in total. The van der Waals surface area contributed by atoms with Gasteiger partial charge in [0.25, 0.3) is 0 Å². The van der Waals surface area contributed by atoms with Gasteiger partial charge in [-0.05, 0) is 32.0 Å². The van der Waals surface area contributed by atoms with Gasteiger partial charge in [0, 0.05) is 40.0 Å². The molecule has 2 aromatic heterocycles. The molecule has 0 radical (unpaired) electrons. The average Bonchev–Trinajstić information content (AvgIpc) is 3.52. The Kier molecular flexibility index (Phi) is 8.78. The smallest absolute Gasteiger partial charge is 0.152 e. The molecule has 36 heavy (non-hydrogen) atoms. The number of rotatable bonds is 13. The van der Waals surface area contributed by atoms with Gasteiger partial charge in [0.1, 0.15) is 0 Å². The number of benzene rings is 2. The fourth-order valence-electron chi connectivity index (χ4n) is 3.44. The quantitative estimate of drug-likeness (QED) is 0.204. The summed E-state index contributed by atoms with van der Waals surface area (Å²) in [5, 5.41) is 37.1. The second-order valence-corrected chi connectivity index (χ2v) is 8.16. The van der Waals surface area contributed by atoms with Gasteiger partial charge in [0.15, 0.2) is 11.6 Å². The highest BCUT2D eigenvalue weighted by Gasteiger charge is 2.11. The van der Waals surface area contributed by atoms with E-state index in [4.69, 9.17) is 10.2 Å². The summed E-state index contributed by atoms with van der Waals surface area (Å²) in [5.41, 5.74) is 2.08. The molecule has 0 fully saturated rings. The molecule has 0 aliphatic heterocycles. The number of hydrazone groups is 2. The van der Waals surface area contributed by atoms with Gasteiger partial charge in [0.2, 0.25) is 0 Å². The van der Waals surface area contributed by atoms with Gasteiger partial charge in [-0.3, -0.25) is 10.0 Å². The van der Waals surface area contributed by atoms with Crippen molar-refractivity contribution in [3.8, 4) is 0 Å². The highest BCUT2D eigenvalue weighted by atomic mass is 15.5. The number of hydrogen-bond acceptors (Lipinski definition) is 10. The fourth-order valence-corrected chi connectivity index (χ4v) is 3.44. The van der Waals surface area contributed by atoms with Gasteiger partial charge >= 0.3 is 0 Å². The molecule has 0 spiro atoms. The number of aryl methyl sites for hydroxylation is 2. The Hall–Kier alpha value is -4.48. The van der Waals surface area contributed by atoms with Gasteiger partial charge in [-0.1, -0.05) is 60.7 Å². The Bertz CT molecular complexity index is 1130. The van der Waals surface area contributed by atoms with Crippen molar-refractivity contribution < 1.29 is 0 Å². The minimum Gasteiger partial charge on any atom is -0.295 e. The molecule has 186 valence electrons. The first-order valence-corrected chi connectivity index (χ1v) is 11.8. The van der Waals surface area contributed by atoms with Crippen LogP contribution in [0.25, 0.3) is 0 Å². The molecule has 4 rings (SSSR count). The molecule has 2 aromatic carbocycles. The molecule has 0 aliphatic carbocycles. The Morgan fingerprint density at radius 3 is 1.42 bits per heavy atom. The van der Waals surface area contributed by atoms with Crippen LogP contribution in [0.1, 0.15) is 22.8 Å². The van der Waals surface area contributed by atoms with Crippen molar-refractivity contribution >= 4 is 12.4 Å². The van der Waals surface area contributed by atoms with Crippen LogP contribution in [-0.4, -0.2) is 89.0 Å². The van der Waals surface area contributed by atoms with Crippen molar-refractivity contribution in [2.45, 2.75) is 12.8 Å². The predicted octanol–water partition coefficient (Wildman–Crippen LogP) is 1.19. The zero-order chi connectivity index (χ0) is 25.0. The number of hydrogen-bond donors (Lipinski definition) is 0. The summed E-state index contributed by atoms with van der Waals surface area (Å²) in [6.45, 7) is 2.66. The van der Waals surface area contributed by atoms with Gasteiger partial charge in [0.05, 0.1) is 25.5 Å².